The van der Waals surface area contributed by atoms with E-state index < -0.39 is 0 Å². The lowest BCUT2D eigenvalue weighted by Gasteiger charge is -2.17. The van der Waals surface area contributed by atoms with Crippen molar-refractivity contribution in [1.82, 2.24) is 20.2 Å². The van der Waals surface area contributed by atoms with Gasteiger partial charge in [-0.1, -0.05) is 45.2 Å². The van der Waals surface area contributed by atoms with Crippen LogP contribution in [0.1, 0.15) is 52.0 Å². The van der Waals surface area contributed by atoms with Crippen molar-refractivity contribution in [2.24, 2.45) is 0 Å². The monoisotopic (exact) mass is 273 g/mol. The van der Waals surface area contributed by atoms with Gasteiger partial charge in [0.2, 0.25) is 0 Å². The van der Waals surface area contributed by atoms with Crippen LogP contribution in [-0.4, -0.2) is 20.2 Å². The molecule has 108 valence electrons. The molecule has 1 unspecified atom stereocenters. The van der Waals surface area contributed by atoms with Gasteiger partial charge in [0.15, 0.2) is 5.82 Å². The van der Waals surface area contributed by atoms with Gasteiger partial charge in [-0.15, -0.1) is 5.10 Å². The van der Waals surface area contributed by atoms with Gasteiger partial charge < -0.3 is 5.73 Å². The number of hydrogen-bond acceptors (Lipinski definition) is 4. The van der Waals surface area contributed by atoms with Crippen LogP contribution < -0.4 is 5.73 Å². The van der Waals surface area contributed by atoms with Crippen molar-refractivity contribution in [1.29, 1.82) is 0 Å². The van der Waals surface area contributed by atoms with E-state index in [4.69, 9.17) is 5.73 Å². The fourth-order valence-electron chi connectivity index (χ4n) is 2.47. The molecule has 1 heterocycles. The SMILES string of the molecule is CCCCC(CCC)n1nnnc1-c1cccc(N)c1. The molecule has 5 heteroatoms. The Morgan fingerprint density at radius 3 is 2.75 bits per heavy atom. The Morgan fingerprint density at radius 2 is 2.05 bits per heavy atom. The number of nitrogens with zero attached hydrogens (tertiary/aromatic N) is 4. The highest BCUT2D eigenvalue weighted by Crippen LogP contribution is 2.26. The first-order valence-electron chi connectivity index (χ1n) is 7.40. The van der Waals surface area contributed by atoms with Crippen LogP contribution in [0.4, 0.5) is 5.69 Å². The van der Waals surface area contributed by atoms with Gasteiger partial charge in [-0.3, -0.25) is 0 Å². The van der Waals surface area contributed by atoms with Crippen LogP contribution >= 0.6 is 0 Å². The van der Waals surface area contributed by atoms with Crippen LogP contribution in [0, 0.1) is 0 Å². The van der Waals surface area contributed by atoms with Crippen LogP contribution in [0.2, 0.25) is 0 Å². The van der Waals surface area contributed by atoms with Crippen molar-refractivity contribution in [2.75, 3.05) is 5.73 Å². The smallest absolute Gasteiger partial charge is 0.182 e. The summed E-state index contributed by atoms with van der Waals surface area (Å²) >= 11 is 0. The molecule has 0 saturated carbocycles. The summed E-state index contributed by atoms with van der Waals surface area (Å²) in [5.41, 5.74) is 7.57. The zero-order valence-electron chi connectivity index (χ0n) is 12.3. The lowest BCUT2D eigenvalue weighted by molar-refractivity contribution is 0.380. The number of anilines is 1. The maximum absolute atomic E-state index is 5.85. The summed E-state index contributed by atoms with van der Waals surface area (Å²) in [5, 5.41) is 12.3. The normalized spacial score (nSPS) is 12.5. The molecule has 0 bridgehead atoms. The molecule has 0 aliphatic rings. The van der Waals surface area contributed by atoms with E-state index in [9.17, 15) is 0 Å². The highest BCUT2D eigenvalue weighted by Gasteiger charge is 2.17. The van der Waals surface area contributed by atoms with Crippen molar-refractivity contribution >= 4 is 5.69 Å². The molecule has 2 rings (SSSR count). The number of benzene rings is 1. The van der Waals surface area contributed by atoms with Gasteiger partial charge in [-0.25, -0.2) is 4.68 Å². The number of aromatic nitrogens is 4. The molecule has 0 radical (unpaired) electrons. The Hall–Kier alpha value is -1.91. The lowest BCUT2D eigenvalue weighted by Crippen LogP contribution is -2.12. The average Bonchev–Trinajstić information content (AvgIpc) is 2.92. The van der Waals surface area contributed by atoms with Crippen molar-refractivity contribution < 1.29 is 0 Å². The summed E-state index contributed by atoms with van der Waals surface area (Å²) < 4.78 is 1.97. The maximum Gasteiger partial charge on any atom is 0.182 e. The first kappa shape index (κ1) is 14.5. The maximum atomic E-state index is 5.85. The van der Waals surface area contributed by atoms with Gasteiger partial charge in [-0.2, -0.15) is 0 Å². The molecule has 5 nitrogen and oxygen atoms in total. The van der Waals surface area contributed by atoms with Crippen LogP contribution in [0.15, 0.2) is 24.3 Å². The predicted molar refractivity (Wildman–Crippen MR) is 81.1 cm³/mol. The summed E-state index contributed by atoms with van der Waals surface area (Å²) in [6.07, 6.45) is 5.73. The second-order valence-corrected chi connectivity index (χ2v) is 5.16. The summed E-state index contributed by atoms with van der Waals surface area (Å²) in [4.78, 5) is 0. The van der Waals surface area contributed by atoms with E-state index in [1.807, 2.05) is 28.9 Å². The predicted octanol–water partition coefficient (Wildman–Crippen LogP) is 3.45. The van der Waals surface area contributed by atoms with Crippen LogP contribution in [0.5, 0.6) is 0 Å². The van der Waals surface area contributed by atoms with Crippen LogP contribution in [0.25, 0.3) is 11.4 Å². The molecule has 0 aliphatic carbocycles. The van der Waals surface area contributed by atoms with Gasteiger partial charge in [0.05, 0.1) is 6.04 Å². The third-order valence-electron chi connectivity index (χ3n) is 3.50. The van der Waals surface area contributed by atoms with Gasteiger partial charge >= 0.3 is 0 Å². The highest BCUT2D eigenvalue weighted by atomic mass is 15.5. The van der Waals surface area contributed by atoms with Crippen LogP contribution in [-0.2, 0) is 0 Å². The summed E-state index contributed by atoms with van der Waals surface area (Å²) in [5.74, 6) is 0.812. The average molecular weight is 273 g/mol. The van der Waals surface area contributed by atoms with Gasteiger partial charge in [0.25, 0.3) is 0 Å². The second-order valence-electron chi connectivity index (χ2n) is 5.16. The van der Waals surface area contributed by atoms with Crippen molar-refractivity contribution in [3.8, 4) is 11.4 Å². The van der Waals surface area contributed by atoms with Gasteiger partial charge in [-0.05, 0) is 35.4 Å². The molecular weight excluding hydrogens is 250 g/mol. The molecular formula is C15H23N5. The standard InChI is InChI=1S/C15H23N5/c1-3-5-10-14(7-4-2)20-15(17-18-19-20)12-8-6-9-13(16)11-12/h6,8-9,11,14H,3-5,7,10,16H2,1-2H3. The number of hydrogen-bond donors (Lipinski definition) is 1. The zero-order chi connectivity index (χ0) is 14.4. The number of tetrazole rings is 1. The topological polar surface area (TPSA) is 69.6 Å². The van der Waals surface area contributed by atoms with Gasteiger partial charge in [0.1, 0.15) is 0 Å². The fourth-order valence-corrected chi connectivity index (χ4v) is 2.47. The Morgan fingerprint density at radius 1 is 1.20 bits per heavy atom. The third kappa shape index (κ3) is 3.35. The Labute approximate surface area is 120 Å². The molecule has 2 N–H and O–H groups in total. The number of nitrogen functional groups attached to an aromatic ring is 1. The van der Waals surface area contributed by atoms with Gasteiger partial charge in [0, 0.05) is 11.3 Å². The van der Waals surface area contributed by atoms with Crippen molar-refractivity contribution in [3.05, 3.63) is 24.3 Å². The molecule has 0 fully saturated rings. The molecule has 0 aliphatic heterocycles. The minimum absolute atomic E-state index is 0.367. The third-order valence-corrected chi connectivity index (χ3v) is 3.50. The molecule has 20 heavy (non-hydrogen) atoms. The minimum Gasteiger partial charge on any atom is -0.399 e. The molecule has 0 amide bonds. The van der Waals surface area contributed by atoms with Crippen molar-refractivity contribution in [3.63, 3.8) is 0 Å². The number of unbranched alkanes of at least 4 members (excludes halogenated alkanes) is 1. The number of nitrogens with two attached hydrogens (primary N) is 1. The Bertz CT molecular complexity index is 535. The molecule has 1 aromatic heterocycles. The molecule has 2 aromatic rings. The van der Waals surface area contributed by atoms with E-state index in [-0.39, 0.29) is 0 Å². The zero-order valence-corrected chi connectivity index (χ0v) is 12.3. The summed E-state index contributed by atoms with van der Waals surface area (Å²) in [6.45, 7) is 4.41. The first-order valence-corrected chi connectivity index (χ1v) is 7.40. The minimum atomic E-state index is 0.367. The highest BCUT2D eigenvalue weighted by molar-refractivity contribution is 5.60. The molecule has 0 saturated heterocycles. The molecule has 1 atom stereocenters. The fraction of sp³-hybridized carbons (Fsp3) is 0.533. The number of rotatable bonds is 7. The van der Waals surface area contributed by atoms with E-state index in [0.717, 1.165) is 36.3 Å². The quantitative estimate of drug-likeness (QED) is 0.784. The van der Waals surface area contributed by atoms with Crippen molar-refractivity contribution in [2.45, 2.75) is 52.0 Å². The Balaban J connectivity index is 2.30. The second kappa shape index (κ2) is 7.03. The molecule has 0 spiro atoms. The first-order chi connectivity index (χ1) is 9.76. The van der Waals surface area contributed by atoms with E-state index in [1.54, 1.807) is 0 Å². The van der Waals surface area contributed by atoms with E-state index in [2.05, 4.69) is 29.4 Å². The van der Waals surface area contributed by atoms with E-state index in [0.29, 0.717) is 6.04 Å². The lowest BCUT2D eigenvalue weighted by atomic mass is 10.0. The largest absolute Gasteiger partial charge is 0.399 e. The summed E-state index contributed by atoms with van der Waals surface area (Å²) in [7, 11) is 0. The Kier molecular flexibility index (Phi) is 5.09. The molecule has 1 aromatic carbocycles. The summed E-state index contributed by atoms with van der Waals surface area (Å²) in [6, 6.07) is 8.10. The van der Waals surface area contributed by atoms with E-state index >= 15 is 0 Å². The van der Waals surface area contributed by atoms with Crippen LogP contribution in [0.3, 0.4) is 0 Å². The van der Waals surface area contributed by atoms with E-state index in [1.165, 1.54) is 12.8 Å².